The van der Waals surface area contributed by atoms with Gasteiger partial charge in [-0.25, -0.2) is 0 Å². The summed E-state index contributed by atoms with van der Waals surface area (Å²) < 4.78 is 0. The van der Waals surface area contributed by atoms with Gasteiger partial charge in [-0.2, -0.15) is 0 Å². The smallest absolute Gasteiger partial charge is 0.119 e. The van der Waals surface area contributed by atoms with E-state index in [0.717, 1.165) is 44.8 Å². The fraction of sp³-hybridized carbons (Fsp3) is 0.600. The van der Waals surface area contributed by atoms with Crippen LogP contribution in [0, 0.1) is 0 Å². The van der Waals surface area contributed by atoms with Crippen molar-refractivity contribution < 1.29 is 10.2 Å². The summed E-state index contributed by atoms with van der Waals surface area (Å²) in [5, 5.41) is 22.5. The van der Waals surface area contributed by atoms with Gasteiger partial charge in [0.05, 0.1) is 0 Å². The minimum Gasteiger partial charge on any atom is -0.508 e. The highest BCUT2D eigenvalue weighted by atomic mass is 16.3. The van der Waals surface area contributed by atoms with Crippen LogP contribution in [0.4, 0.5) is 0 Å². The van der Waals surface area contributed by atoms with Crippen molar-refractivity contribution in [2.45, 2.75) is 19.0 Å². The van der Waals surface area contributed by atoms with E-state index >= 15 is 0 Å². The molecule has 2 heterocycles. The van der Waals surface area contributed by atoms with E-state index in [1.54, 1.807) is 12.1 Å². The number of phenols is 2. The normalized spacial score (nSPS) is 23.4. The Kier molecular flexibility index (Phi) is 3.83. The van der Waals surface area contributed by atoms with Gasteiger partial charge in [0.15, 0.2) is 0 Å². The lowest BCUT2D eigenvalue weighted by atomic mass is 9.98. The predicted octanol–water partition coefficient (Wildman–Crippen LogP) is 0.748. The van der Waals surface area contributed by atoms with E-state index in [-0.39, 0.29) is 17.5 Å². The molecule has 20 heavy (non-hydrogen) atoms. The van der Waals surface area contributed by atoms with Gasteiger partial charge in [0.2, 0.25) is 0 Å². The molecule has 0 radical (unpaired) electrons. The van der Waals surface area contributed by atoms with Gasteiger partial charge in [-0.3, -0.25) is 9.80 Å². The first kappa shape index (κ1) is 13.7. The molecule has 3 rings (SSSR count). The average molecular weight is 277 g/mol. The van der Waals surface area contributed by atoms with Crippen LogP contribution in [-0.4, -0.2) is 65.3 Å². The second-order valence-corrected chi connectivity index (χ2v) is 5.85. The van der Waals surface area contributed by atoms with Crippen molar-refractivity contribution in [3.05, 3.63) is 23.8 Å². The van der Waals surface area contributed by atoms with Crippen LogP contribution in [0.25, 0.3) is 0 Å². The molecule has 1 aromatic carbocycles. The Hall–Kier alpha value is -1.30. The summed E-state index contributed by atoms with van der Waals surface area (Å²) in [6.45, 7) is 8.72. The molecule has 2 fully saturated rings. The van der Waals surface area contributed by atoms with E-state index in [1.165, 1.54) is 6.07 Å². The molecule has 2 saturated heterocycles. The van der Waals surface area contributed by atoms with Crippen LogP contribution in [0.2, 0.25) is 0 Å². The number of aromatic hydroxyl groups is 2. The van der Waals surface area contributed by atoms with Crippen LogP contribution in [-0.2, 0) is 0 Å². The summed E-state index contributed by atoms with van der Waals surface area (Å²) in [6, 6.07) is 5.73. The van der Waals surface area contributed by atoms with Crippen molar-refractivity contribution in [1.82, 2.24) is 15.1 Å². The molecule has 0 saturated carbocycles. The standard InChI is InChI=1S/C15H23N3O2/c1-11(12-6-14(19)8-15(20)7-12)18-9-13(10-18)17-4-2-16-3-5-17/h6-8,11,13,16,19-20H,2-5,9-10H2,1H3. The molecule has 1 atom stereocenters. The molecule has 2 aliphatic heterocycles. The minimum absolute atomic E-state index is 0.131. The number of likely N-dealkylation sites (tertiary alicyclic amines) is 1. The number of benzene rings is 1. The van der Waals surface area contributed by atoms with Gasteiger partial charge in [-0.05, 0) is 24.6 Å². The molecular weight excluding hydrogens is 254 g/mol. The van der Waals surface area contributed by atoms with Gasteiger partial charge in [-0.1, -0.05) is 0 Å². The summed E-state index contributed by atoms with van der Waals surface area (Å²) in [7, 11) is 0. The Morgan fingerprint density at radius 2 is 1.70 bits per heavy atom. The number of phenolic OH excluding ortho intramolecular Hbond substituents is 2. The molecule has 1 unspecified atom stereocenters. The van der Waals surface area contributed by atoms with Gasteiger partial charge in [0.1, 0.15) is 11.5 Å². The summed E-state index contributed by atoms with van der Waals surface area (Å²) in [4.78, 5) is 4.95. The Morgan fingerprint density at radius 3 is 2.30 bits per heavy atom. The second-order valence-electron chi connectivity index (χ2n) is 5.85. The lowest BCUT2D eigenvalue weighted by Crippen LogP contribution is -2.62. The first-order valence-electron chi connectivity index (χ1n) is 7.35. The van der Waals surface area contributed by atoms with E-state index < -0.39 is 0 Å². The number of nitrogens with zero attached hydrogens (tertiary/aromatic N) is 2. The van der Waals surface area contributed by atoms with Crippen molar-refractivity contribution in [3.8, 4) is 11.5 Å². The molecule has 0 aliphatic carbocycles. The first-order valence-corrected chi connectivity index (χ1v) is 7.35. The third-order valence-electron chi connectivity index (χ3n) is 4.51. The lowest BCUT2D eigenvalue weighted by Gasteiger charge is -2.49. The number of piperazine rings is 1. The predicted molar refractivity (Wildman–Crippen MR) is 78.0 cm³/mol. The van der Waals surface area contributed by atoms with Gasteiger partial charge in [-0.15, -0.1) is 0 Å². The summed E-state index contributed by atoms with van der Waals surface area (Å²) in [6.07, 6.45) is 0. The van der Waals surface area contributed by atoms with Crippen molar-refractivity contribution in [2.24, 2.45) is 0 Å². The van der Waals surface area contributed by atoms with Gasteiger partial charge >= 0.3 is 0 Å². The highest BCUT2D eigenvalue weighted by Crippen LogP contribution is 2.31. The quantitative estimate of drug-likeness (QED) is 0.761. The molecule has 0 aromatic heterocycles. The number of rotatable bonds is 3. The second kappa shape index (κ2) is 5.60. The van der Waals surface area contributed by atoms with Crippen LogP contribution < -0.4 is 5.32 Å². The summed E-state index contributed by atoms with van der Waals surface area (Å²) in [5.74, 6) is 0.261. The van der Waals surface area contributed by atoms with Crippen LogP contribution in [0.1, 0.15) is 18.5 Å². The van der Waals surface area contributed by atoms with Gasteiger partial charge in [0.25, 0.3) is 0 Å². The maximum atomic E-state index is 9.58. The van der Waals surface area contributed by atoms with Crippen molar-refractivity contribution >= 4 is 0 Å². The third kappa shape index (κ3) is 2.75. The highest BCUT2D eigenvalue weighted by Gasteiger charge is 2.35. The molecule has 0 bridgehead atoms. The molecule has 5 heteroatoms. The first-order chi connectivity index (χ1) is 9.63. The third-order valence-corrected chi connectivity index (χ3v) is 4.51. The molecule has 2 aliphatic rings. The highest BCUT2D eigenvalue weighted by molar-refractivity contribution is 5.38. The van der Waals surface area contributed by atoms with Gasteiger partial charge in [0, 0.05) is 57.4 Å². The Balaban J connectivity index is 1.58. The Bertz CT molecular complexity index is 448. The Morgan fingerprint density at radius 1 is 1.10 bits per heavy atom. The van der Waals surface area contributed by atoms with Crippen molar-refractivity contribution in [1.29, 1.82) is 0 Å². The number of hydrogen-bond acceptors (Lipinski definition) is 5. The van der Waals surface area contributed by atoms with Crippen LogP contribution >= 0.6 is 0 Å². The van der Waals surface area contributed by atoms with Crippen molar-refractivity contribution in [2.75, 3.05) is 39.3 Å². The zero-order valence-electron chi connectivity index (χ0n) is 11.9. The maximum Gasteiger partial charge on any atom is 0.119 e. The largest absolute Gasteiger partial charge is 0.508 e. The monoisotopic (exact) mass is 277 g/mol. The fourth-order valence-electron chi connectivity index (χ4n) is 3.15. The van der Waals surface area contributed by atoms with E-state index in [4.69, 9.17) is 0 Å². The molecule has 0 spiro atoms. The van der Waals surface area contributed by atoms with Crippen LogP contribution in [0.3, 0.4) is 0 Å². The van der Waals surface area contributed by atoms with Crippen LogP contribution in [0.15, 0.2) is 18.2 Å². The zero-order chi connectivity index (χ0) is 14.1. The molecule has 1 aromatic rings. The molecule has 5 nitrogen and oxygen atoms in total. The minimum atomic E-state index is 0.131. The molecular formula is C15H23N3O2. The SMILES string of the molecule is CC(c1cc(O)cc(O)c1)N1CC(N2CCNCC2)C1. The topological polar surface area (TPSA) is 59.0 Å². The van der Waals surface area contributed by atoms with Crippen LogP contribution in [0.5, 0.6) is 11.5 Å². The molecule has 0 amide bonds. The summed E-state index contributed by atoms with van der Waals surface area (Å²) >= 11 is 0. The number of hydrogen-bond donors (Lipinski definition) is 3. The maximum absolute atomic E-state index is 9.58. The van der Waals surface area contributed by atoms with Crippen molar-refractivity contribution in [3.63, 3.8) is 0 Å². The number of nitrogens with one attached hydrogen (secondary N) is 1. The Labute approximate surface area is 119 Å². The van der Waals surface area contributed by atoms with E-state index in [9.17, 15) is 10.2 Å². The van der Waals surface area contributed by atoms with E-state index in [1.807, 2.05) is 0 Å². The zero-order valence-corrected chi connectivity index (χ0v) is 11.9. The average Bonchev–Trinajstić information content (AvgIpc) is 2.37. The van der Waals surface area contributed by atoms with E-state index in [2.05, 4.69) is 22.0 Å². The summed E-state index contributed by atoms with van der Waals surface area (Å²) in [5.41, 5.74) is 0.973. The molecule has 110 valence electrons. The molecule has 3 N–H and O–H groups in total. The van der Waals surface area contributed by atoms with Gasteiger partial charge < -0.3 is 15.5 Å². The lowest BCUT2D eigenvalue weighted by molar-refractivity contribution is 0.00340. The van der Waals surface area contributed by atoms with E-state index in [0.29, 0.717) is 6.04 Å². The fourth-order valence-corrected chi connectivity index (χ4v) is 3.15.